The Morgan fingerprint density at radius 1 is 1.27 bits per heavy atom. The third-order valence-electron chi connectivity index (χ3n) is 3.51. The Hall–Kier alpha value is -2.18. The van der Waals surface area contributed by atoms with Gasteiger partial charge in [0.05, 0.1) is 31.4 Å². The van der Waals surface area contributed by atoms with Crippen molar-refractivity contribution in [2.45, 2.75) is 13.0 Å². The predicted molar refractivity (Wildman–Crippen MR) is 79.1 cm³/mol. The maximum Gasteiger partial charge on any atom is 0.290 e. The van der Waals surface area contributed by atoms with E-state index in [0.717, 1.165) is 5.56 Å². The first-order valence-electron chi connectivity index (χ1n) is 7.06. The number of amides is 1. The summed E-state index contributed by atoms with van der Waals surface area (Å²) >= 11 is 0. The van der Waals surface area contributed by atoms with Gasteiger partial charge in [0.15, 0.2) is 11.5 Å². The Morgan fingerprint density at radius 2 is 1.95 bits per heavy atom. The van der Waals surface area contributed by atoms with Crippen molar-refractivity contribution in [3.63, 3.8) is 0 Å². The Balaban J connectivity index is 2.28. The molecule has 0 aromatic heterocycles. The predicted octanol–water partition coefficient (Wildman–Crippen LogP) is 0.980. The number of ether oxygens (including phenoxy) is 1. The van der Waals surface area contributed by atoms with Gasteiger partial charge in [0, 0.05) is 6.54 Å². The lowest BCUT2D eigenvalue weighted by molar-refractivity contribution is -0.130. The topological polar surface area (TPSA) is 87.1 Å². The summed E-state index contributed by atoms with van der Waals surface area (Å²) in [7, 11) is 0. The molecule has 1 aliphatic heterocycles. The van der Waals surface area contributed by atoms with Gasteiger partial charge in [-0.15, -0.1) is 0 Å². The van der Waals surface area contributed by atoms with Gasteiger partial charge < -0.3 is 19.8 Å². The van der Waals surface area contributed by atoms with Gasteiger partial charge in [-0.25, -0.2) is 0 Å². The van der Waals surface area contributed by atoms with Crippen LogP contribution >= 0.6 is 0 Å². The van der Waals surface area contributed by atoms with E-state index >= 15 is 0 Å². The normalized spacial score (nSPS) is 18.2. The summed E-state index contributed by atoms with van der Waals surface area (Å²) in [5.74, 6) is -1.41. The van der Waals surface area contributed by atoms with Gasteiger partial charge in [0.25, 0.3) is 5.91 Å². The molecule has 6 heteroatoms. The van der Waals surface area contributed by atoms with Crippen LogP contribution in [0.25, 0.3) is 0 Å². The molecule has 0 fully saturated rings. The van der Waals surface area contributed by atoms with Crippen molar-refractivity contribution < 1.29 is 24.5 Å². The largest absolute Gasteiger partial charge is 0.503 e. The highest BCUT2D eigenvalue weighted by atomic mass is 16.5. The summed E-state index contributed by atoms with van der Waals surface area (Å²) in [6, 6.07) is 8.47. The number of carbonyl (C=O) groups is 2. The van der Waals surface area contributed by atoms with Gasteiger partial charge in [0.2, 0.25) is 0 Å². The number of hydrogen-bond donors (Lipinski definition) is 2. The molecule has 1 unspecified atom stereocenters. The molecule has 1 amide bonds. The number of Topliss-reactive ketones (excluding diaryl/α,β-unsaturated/α-hetero) is 1. The van der Waals surface area contributed by atoms with E-state index < -0.39 is 17.7 Å². The first-order chi connectivity index (χ1) is 10.6. The zero-order valence-corrected chi connectivity index (χ0v) is 12.4. The summed E-state index contributed by atoms with van der Waals surface area (Å²) in [6.45, 7) is 1.85. The minimum atomic E-state index is -0.607. The van der Waals surface area contributed by atoms with E-state index in [2.05, 4.69) is 0 Å². The van der Waals surface area contributed by atoms with Crippen molar-refractivity contribution in [1.29, 1.82) is 0 Å². The SMILES string of the molecule is CC(=O)C1=C(O)C(=O)N(CCOCCO)C1c1ccccc1. The second kappa shape index (κ2) is 7.20. The van der Waals surface area contributed by atoms with Gasteiger partial charge in [-0.2, -0.15) is 0 Å². The van der Waals surface area contributed by atoms with E-state index in [1.165, 1.54) is 11.8 Å². The highest BCUT2D eigenvalue weighted by Gasteiger charge is 2.41. The Bertz CT molecular complexity index is 581. The lowest BCUT2D eigenvalue weighted by Gasteiger charge is -2.26. The van der Waals surface area contributed by atoms with E-state index in [1.807, 2.05) is 18.2 Å². The van der Waals surface area contributed by atoms with E-state index in [9.17, 15) is 14.7 Å². The average molecular weight is 305 g/mol. The molecule has 0 bridgehead atoms. The smallest absolute Gasteiger partial charge is 0.290 e. The quantitative estimate of drug-likeness (QED) is 0.733. The Morgan fingerprint density at radius 3 is 2.55 bits per heavy atom. The molecule has 118 valence electrons. The molecule has 0 spiro atoms. The Kier molecular flexibility index (Phi) is 5.30. The molecule has 0 saturated heterocycles. The molecule has 2 N–H and O–H groups in total. The molecule has 0 saturated carbocycles. The number of carbonyl (C=O) groups excluding carboxylic acids is 2. The number of aliphatic hydroxyl groups is 2. The summed E-state index contributed by atoms with van der Waals surface area (Å²) in [5, 5.41) is 18.7. The number of aliphatic hydroxyl groups excluding tert-OH is 2. The fourth-order valence-corrected chi connectivity index (χ4v) is 2.56. The van der Waals surface area contributed by atoms with Crippen LogP contribution in [0.3, 0.4) is 0 Å². The highest BCUT2D eigenvalue weighted by Crippen LogP contribution is 2.37. The zero-order chi connectivity index (χ0) is 16.1. The second-order valence-corrected chi connectivity index (χ2v) is 4.97. The molecule has 1 atom stereocenters. The van der Waals surface area contributed by atoms with Gasteiger partial charge in [0.1, 0.15) is 0 Å². The van der Waals surface area contributed by atoms with Crippen molar-refractivity contribution in [2.75, 3.05) is 26.4 Å². The molecule has 0 aliphatic carbocycles. The lowest BCUT2D eigenvalue weighted by Crippen LogP contribution is -2.34. The van der Waals surface area contributed by atoms with Crippen LogP contribution in [0.5, 0.6) is 0 Å². The van der Waals surface area contributed by atoms with Crippen LogP contribution in [0.2, 0.25) is 0 Å². The summed E-state index contributed by atoms with van der Waals surface area (Å²) < 4.78 is 5.18. The molecule has 6 nitrogen and oxygen atoms in total. The molecule has 0 radical (unpaired) electrons. The molecular formula is C16H19NO5. The van der Waals surface area contributed by atoms with E-state index in [-0.39, 0.29) is 37.7 Å². The van der Waals surface area contributed by atoms with E-state index in [0.29, 0.717) is 0 Å². The fraction of sp³-hybridized carbons (Fsp3) is 0.375. The fourth-order valence-electron chi connectivity index (χ4n) is 2.56. The lowest BCUT2D eigenvalue weighted by atomic mass is 9.97. The van der Waals surface area contributed by atoms with Crippen LogP contribution in [0.4, 0.5) is 0 Å². The van der Waals surface area contributed by atoms with Gasteiger partial charge >= 0.3 is 0 Å². The maximum atomic E-state index is 12.2. The first-order valence-corrected chi connectivity index (χ1v) is 7.06. The number of hydrogen-bond acceptors (Lipinski definition) is 5. The first kappa shape index (κ1) is 16.2. The summed E-state index contributed by atoms with van der Waals surface area (Å²) in [4.78, 5) is 25.5. The molecule has 1 aliphatic rings. The molecule has 2 rings (SSSR count). The Labute approximate surface area is 128 Å². The van der Waals surface area contributed by atoms with Crippen LogP contribution in [-0.2, 0) is 14.3 Å². The van der Waals surface area contributed by atoms with Crippen molar-refractivity contribution in [3.8, 4) is 0 Å². The maximum absolute atomic E-state index is 12.2. The third-order valence-corrected chi connectivity index (χ3v) is 3.51. The van der Waals surface area contributed by atoms with Crippen LogP contribution in [0, 0.1) is 0 Å². The van der Waals surface area contributed by atoms with Gasteiger partial charge in [-0.3, -0.25) is 9.59 Å². The van der Waals surface area contributed by atoms with Gasteiger partial charge in [-0.1, -0.05) is 30.3 Å². The van der Waals surface area contributed by atoms with Crippen LogP contribution in [-0.4, -0.2) is 53.2 Å². The molecule has 22 heavy (non-hydrogen) atoms. The van der Waals surface area contributed by atoms with Crippen molar-refractivity contribution >= 4 is 11.7 Å². The van der Waals surface area contributed by atoms with E-state index in [1.54, 1.807) is 12.1 Å². The standard InChI is InChI=1S/C16H19NO5/c1-11(19)13-14(12-5-3-2-4-6-12)17(16(21)15(13)20)7-9-22-10-8-18/h2-6,14,18,20H,7-10H2,1H3. The molecular weight excluding hydrogens is 286 g/mol. The minimum absolute atomic E-state index is 0.0990. The van der Waals surface area contributed by atoms with Crippen LogP contribution < -0.4 is 0 Å². The van der Waals surface area contributed by atoms with Crippen molar-refractivity contribution in [1.82, 2.24) is 4.90 Å². The van der Waals surface area contributed by atoms with Crippen LogP contribution in [0.15, 0.2) is 41.7 Å². The molecule has 1 heterocycles. The van der Waals surface area contributed by atoms with Gasteiger partial charge in [-0.05, 0) is 12.5 Å². The number of ketones is 1. The average Bonchev–Trinajstić information content (AvgIpc) is 2.77. The summed E-state index contributed by atoms with van der Waals surface area (Å²) in [6.07, 6.45) is 0. The monoisotopic (exact) mass is 305 g/mol. The zero-order valence-electron chi connectivity index (χ0n) is 12.4. The number of benzene rings is 1. The van der Waals surface area contributed by atoms with Crippen molar-refractivity contribution in [2.24, 2.45) is 0 Å². The van der Waals surface area contributed by atoms with Crippen LogP contribution in [0.1, 0.15) is 18.5 Å². The number of rotatable bonds is 7. The minimum Gasteiger partial charge on any atom is -0.503 e. The van der Waals surface area contributed by atoms with E-state index in [4.69, 9.17) is 9.84 Å². The second-order valence-electron chi connectivity index (χ2n) is 4.97. The molecule has 1 aromatic rings. The highest BCUT2D eigenvalue weighted by molar-refractivity contribution is 6.08. The van der Waals surface area contributed by atoms with Crippen molar-refractivity contribution in [3.05, 3.63) is 47.2 Å². The third kappa shape index (κ3) is 3.18. The number of nitrogens with zero attached hydrogens (tertiary/aromatic N) is 1. The summed E-state index contributed by atoms with van der Waals surface area (Å²) in [5.41, 5.74) is 0.866. The molecule has 1 aromatic carbocycles.